The van der Waals surface area contributed by atoms with Crippen LogP contribution in [0.15, 0.2) is 49.1 Å². The zero-order valence-corrected chi connectivity index (χ0v) is 19.2. The molecule has 0 radical (unpaired) electrons. The second kappa shape index (κ2) is 9.42. The summed E-state index contributed by atoms with van der Waals surface area (Å²) in [6.07, 6.45) is 5.56. The smallest absolute Gasteiger partial charge is 0.410 e. The van der Waals surface area contributed by atoms with E-state index in [1.807, 2.05) is 48.7 Å². The maximum Gasteiger partial charge on any atom is 0.410 e. The molecule has 0 saturated carbocycles. The maximum atomic E-state index is 12.5. The summed E-state index contributed by atoms with van der Waals surface area (Å²) in [5, 5.41) is 3.46. The Labute approximate surface area is 197 Å². The Morgan fingerprint density at radius 2 is 1.94 bits per heavy atom. The number of hydrogen-bond donors (Lipinski definition) is 1. The highest BCUT2D eigenvalue weighted by atomic mass is 16.6. The number of amides is 1. The lowest BCUT2D eigenvalue weighted by atomic mass is 10.2. The molecule has 5 rings (SSSR count). The van der Waals surface area contributed by atoms with Crippen LogP contribution in [-0.2, 0) is 17.9 Å². The molecule has 10 heteroatoms. The number of rotatable bonds is 6. The van der Waals surface area contributed by atoms with Gasteiger partial charge < -0.3 is 19.5 Å². The third-order valence-corrected chi connectivity index (χ3v) is 5.88. The molecule has 1 aliphatic heterocycles. The van der Waals surface area contributed by atoms with Gasteiger partial charge in [0.05, 0.1) is 5.56 Å². The first-order valence-electron chi connectivity index (χ1n) is 11.3. The van der Waals surface area contributed by atoms with Crippen molar-refractivity contribution >= 4 is 23.1 Å². The Hall–Kier alpha value is -4.08. The number of carbonyl (C=O) groups excluding carboxylic acids is 1. The standard InChI is InChI=1S/C24H26N8O2/c1-3-32-22(18-11-25-16(2)26-12-18)30-20-21(27-15-28-23(20)32)29-19-9-10-31(13-19)24(33)34-14-17-7-5-4-6-8-17/h4-8,11-12,15,19H,3,9-10,13-14H2,1-2H3,(H,27,28,29)/t19-/m0/s1. The molecular weight excluding hydrogens is 432 g/mol. The largest absolute Gasteiger partial charge is 0.445 e. The lowest BCUT2D eigenvalue weighted by molar-refractivity contribution is 0.104. The summed E-state index contributed by atoms with van der Waals surface area (Å²) in [6, 6.07) is 9.72. The second-order valence-corrected chi connectivity index (χ2v) is 8.21. The molecule has 1 amide bonds. The molecule has 1 saturated heterocycles. The lowest BCUT2D eigenvalue weighted by Gasteiger charge is -2.17. The minimum absolute atomic E-state index is 0.0420. The molecular formula is C24H26N8O2. The van der Waals surface area contributed by atoms with Crippen molar-refractivity contribution in [3.8, 4) is 11.4 Å². The monoisotopic (exact) mass is 458 g/mol. The summed E-state index contributed by atoms with van der Waals surface area (Å²) < 4.78 is 7.50. The van der Waals surface area contributed by atoms with E-state index in [1.165, 1.54) is 6.33 Å². The van der Waals surface area contributed by atoms with Gasteiger partial charge in [-0.15, -0.1) is 0 Å². The van der Waals surface area contributed by atoms with Crippen LogP contribution in [-0.4, -0.2) is 59.6 Å². The normalized spacial score (nSPS) is 15.6. The zero-order valence-electron chi connectivity index (χ0n) is 19.2. The highest BCUT2D eigenvalue weighted by Gasteiger charge is 2.28. The molecule has 0 aliphatic carbocycles. The van der Waals surface area contributed by atoms with Crippen LogP contribution in [0.3, 0.4) is 0 Å². The number of anilines is 1. The molecule has 1 fully saturated rings. The number of benzene rings is 1. The van der Waals surface area contributed by atoms with Crippen LogP contribution in [0.2, 0.25) is 0 Å². The first kappa shape index (κ1) is 21.7. The third kappa shape index (κ3) is 4.39. The van der Waals surface area contributed by atoms with Crippen molar-refractivity contribution in [3.63, 3.8) is 0 Å². The predicted molar refractivity (Wildman–Crippen MR) is 127 cm³/mol. The molecule has 1 atom stereocenters. The first-order valence-corrected chi connectivity index (χ1v) is 11.3. The van der Waals surface area contributed by atoms with E-state index >= 15 is 0 Å². The number of ether oxygens (including phenoxy) is 1. The number of aromatic nitrogens is 6. The number of aryl methyl sites for hydroxylation is 2. The fraction of sp³-hybridized carbons (Fsp3) is 0.333. The van der Waals surface area contributed by atoms with E-state index in [0.717, 1.165) is 29.0 Å². The molecule has 1 N–H and O–H groups in total. The zero-order chi connectivity index (χ0) is 23.5. The van der Waals surface area contributed by atoms with Crippen LogP contribution in [0, 0.1) is 6.92 Å². The number of nitrogens with one attached hydrogen (secondary N) is 1. The van der Waals surface area contributed by atoms with Crippen LogP contribution in [0.5, 0.6) is 0 Å². The van der Waals surface area contributed by atoms with E-state index in [2.05, 4.69) is 25.3 Å². The summed E-state index contributed by atoms with van der Waals surface area (Å²) in [5.74, 6) is 2.10. The van der Waals surface area contributed by atoms with Crippen LogP contribution < -0.4 is 5.32 Å². The van der Waals surface area contributed by atoms with Gasteiger partial charge in [-0.2, -0.15) is 0 Å². The number of hydrogen-bond acceptors (Lipinski definition) is 8. The quantitative estimate of drug-likeness (QED) is 0.468. The van der Waals surface area contributed by atoms with E-state index in [-0.39, 0.29) is 18.7 Å². The van der Waals surface area contributed by atoms with Gasteiger partial charge >= 0.3 is 6.09 Å². The van der Waals surface area contributed by atoms with Crippen LogP contribution in [0.1, 0.15) is 24.7 Å². The van der Waals surface area contributed by atoms with E-state index in [1.54, 1.807) is 17.3 Å². The average Bonchev–Trinajstić information content (AvgIpc) is 3.49. The molecule has 1 aliphatic rings. The van der Waals surface area contributed by atoms with Crippen molar-refractivity contribution < 1.29 is 9.53 Å². The minimum Gasteiger partial charge on any atom is -0.445 e. The van der Waals surface area contributed by atoms with Crippen molar-refractivity contribution in [3.05, 3.63) is 60.4 Å². The van der Waals surface area contributed by atoms with Gasteiger partial charge in [0.15, 0.2) is 17.0 Å². The lowest BCUT2D eigenvalue weighted by Crippen LogP contribution is -2.32. The van der Waals surface area contributed by atoms with Gasteiger partial charge in [-0.25, -0.2) is 29.7 Å². The van der Waals surface area contributed by atoms with Crippen molar-refractivity contribution in [1.82, 2.24) is 34.4 Å². The number of nitrogens with zero attached hydrogens (tertiary/aromatic N) is 7. The maximum absolute atomic E-state index is 12.5. The van der Waals surface area contributed by atoms with Gasteiger partial charge in [0.2, 0.25) is 0 Å². The summed E-state index contributed by atoms with van der Waals surface area (Å²) in [6.45, 7) is 6.01. The molecule has 0 bridgehead atoms. The molecule has 0 spiro atoms. The van der Waals surface area contributed by atoms with Crippen molar-refractivity contribution in [2.24, 2.45) is 0 Å². The van der Waals surface area contributed by atoms with Crippen LogP contribution >= 0.6 is 0 Å². The van der Waals surface area contributed by atoms with E-state index in [0.29, 0.717) is 36.8 Å². The summed E-state index contributed by atoms with van der Waals surface area (Å²) in [4.78, 5) is 36.6. The topological polar surface area (TPSA) is 111 Å². The van der Waals surface area contributed by atoms with Crippen molar-refractivity contribution in [1.29, 1.82) is 0 Å². The molecule has 174 valence electrons. The fourth-order valence-electron chi connectivity index (χ4n) is 4.12. The Kier molecular flexibility index (Phi) is 6.03. The van der Waals surface area contributed by atoms with Gasteiger partial charge in [0, 0.05) is 38.1 Å². The Balaban J connectivity index is 1.30. The number of carbonyl (C=O) groups is 1. The van der Waals surface area contributed by atoms with Gasteiger partial charge in [0.25, 0.3) is 0 Å². The number of likely N-dealkylation sites (tertiary alicyclic amines) is 1. The highest BCUT2D eigenvalue weighted by Crippen LogP contribution is 2.27. The Morgan fingerprint density at radius 1 is 1.15 bits per heavy atom. The van der Waals surface area contributed by atoms with Crippen molar-refractivity contribution in [2.75, 3.05) is 18.4 Å². The average molecular weight is 459 g/mol. The SMILES string of the molecule is CCn1c(-c2cnc(C)nc2)nc2c(N[C@H]3CCN(C(=O)OCc4ccccc4)C3)ncnc21. The molecule has 0 unspecified atom stereocenters. The molecule has 1 aromatic carbocycles. The Morgan fingerprint density at radius 3 is 2.71 bits per heavy atom. The Bertz CT molecular complexity index is 1290. The van der Waals surface area contributed by atoms with Gasteiger partial charge in [0.1, 0.15) is 24.6 Å². The summed E-state index contributed by atoms with van der Waals surface area (Å²) >= 11 is 0. The van der Waals surface area contributed by atoms with E-state index < -0.39 is 0 Å². The third-order valence-electron chi connectivity index (χ3n) is 5.88. The van der Waals surface area contributed by atoms with Gasteiger partial charge in [-0.3, -0.25) is 0 Å². The van der Waals surface area contributed by atoms with Crippen LogP contribution in [0.25, 0.3) is 22.6 Å². The summed E-state index contributed by atoms with van der Waals surface area (Å²) in [7, 11) is 0. The minimum atomic E-state index is -0.307. The van der Waals surface area contributed by atoms with Gasteiger partial charge in [-0.05, 0) is 25.8 Å². The fourth-order valence-corrected chi connectivity index (χ4v) is 4.12. The van der Waals surface area contributed by atoms with Gasteiger partial charge in [-0.1, -0.05) is 30.3 Å². The van der Waals surface area contributed by atoms with E-state index in [4.69, 9.17) is 9.72 Å². The summed E-state index contributed by atoms with van der Waals surface area (Å²) in [5.41, 5.74) is 3.22. The van der Waals surface area contributed by atoms with Crippen molar-refractivity contribution in [2.45, 2.75) is 39.5 Å². The molecule has 4 heterocycles. The number of imidazole rings is 1. The molecule has 10 nitrogen and oxygen atoms in total. The second-order valence-electron chi connectivity index (χ2n) is 8.21. The molecule has 3 aromatic heterocycles. The van der Waals surface area contributed by atoms with Crippen LogP contribution in [0.4, 0.5) is 10.6 Å². The van der Waals surface area contributed by atoms with E-state index in [9.17, 15) is 4.79 Å². The molecule has 4 aromatic rings. The highest BCUT2D eigenvalue weighted by molar-refractivity contribution is 5.86. The number of fused-ring (bicyclic) bond motifs is 1. The molecule has 34 heavy (non-hydrogen) atoms. The predicted octanol–water partition coefficient (Wildman–Crippen LogP) is 3.43. The first-order chi connectivity index (χ1) is 16.6.